The maximum Gasteiger partial charge on any atom is 0.0496 e. The van der Waals surface area contributed by atoms with E-state index in [1.54, 1.807) is 0 Å². The molecule has 0 fully saturated rings. The van der Waals surface area contributed by atoms with E-state index in [1.807, 2.05) is 0 Å². The van der Waals surface area contributed by atoms with Crippen molar-refractivity contribution >= 4 is 28.7 Å². The van der Waals surface area contributed by atoms with Crippen LogP contribution in [0.4, 0.5) is 17.1 Å². The molecule has 0 saturated carbocycles. The first-order chi connectivity index (χ1) is 21.8. The lowest BCUT2D eigenvalue weighted by Gasteiger charge is -2.30. The number of anilines is 3. The van der Waals surface area contributed by atoms with Gasteiger partial charge in [-0.15, -0.1) is 0 Å². The minimum atomic E-state index is 0.939. The largest absolute Gasteiger partial charge is 0.310 e. The maximum absolute atomic E-state index is 2.46. The lowest BCUT2D eigenvalue weighted by Crippen LogP contribution is -2.15. The van der Waals surface area contributed by atoms with Crippen LogP contribution < -0.4 is 4.90 Å². The molecule has 0 saturated heterocycles. The van der Waals surface area contributed by atoms with Crippen molar-refractivity contribution in [2.75, 3.05) is 4.90 Å². The van der Waals surface area contributed by atoms with Crippen LogP contribution in [0.15, 0.2) is 158 Å². The van der Waals surface area contributed by atoms with Gasteiger partial charge in [-0.25, -0.2) is 0 Å². The summed E-state index contributed by atoms with van der Waals surface area (Å²) in [5.41, 5.74) is 14.2. The van der Waals surface area contributed by atoms with Gasteiger partial charge in [0.15, 0.2) is 0 Å². The lowest BCUT2D eigenvalue weighted by molar-refractivity contribution is 0.686. The number of fused-ring (bicyclic) bond motifs is 1. The van der Waals surface area contributed by atoms with Crippen LogP contribution in [0.25, 0.3) is 11.6 Å². The molecule has 0 atom stereocenters. The highest BCUT2D eigenvalue weighted by molar-refractivity contribution is 5.91. The molecule has 44 heavy (non-hydrogen) atoms. The zero-order valence-corrected chi connectivity index (χ0v) is 25.1. The smallest absolute Gasteiger partial charge is 0.0496 e. The first kappa shape index (κ1) is 27.7. The Kier molecular flexibility index (Phi) is 8.19. The Morgan fingerprint density at radius 3 is 1.68 bits per heavy atom. The van der Waals surface area contributed by atoms with Crippen molar-refractivity contribution in [1.82, 2.24) is 0 Å². The second-order valence-corrected chi connectivity index (χ2v) is 11.7. The third-order valence-electron chi connectivity index (χ3n) is 8.69. The van der Waals surface area contributed by atoms with Gasteiger partial charge in [-0.1, -0.05) is 127 Å². The van der Waals surface area contributed by atoms with Crippen molar-refractivity contribution in [3.8, 4) is 0 Å². The Hall–Kier alpha value is -5.14. The molecule has 1 aliphatic rings. The van der Waals surface area contributed by atoms with Crippen molar-refractivity contribution in [2.45, 2.75) is 32.1 Å². The van der Waals surface area contributed by atoms with Gasteiger partial charge >= 0.3 is 0 Å². The Morgan fingerprint density at radius 1 is 0.500 bits per heavy atom. The summed E-state index contributed by atoms with van der Waals surface area (Å²) in [7, 11) is 0. The third kappa shape index (κ3) is 6.14. The third-order valence-corrected chi connectivity index (χ3v) is 8.69. The average Bonchev–Trinajstić information content (AvgIpc) is 3.10. The molecule has 1 heteroatoms. The van der Waals surface area contributed by atoms with Crippen LogP contribution in [-0.2, 0) is 19.3 Å². The minimum absolute atomic E-state index is 0.939. The molecule has 7 rings (SSSR count). The van der Waals surface area contributed by atoms with E-state index in [1.165, 1.54) is 80.8 Å². The molecular weight excluding hydrogens is 530 g/mol. The van der Waals surface area contributed by atoms with Gasteiger partial charge in [0, 0.05) is 17.1 Å². The van der Waals surface area contributed by atoms with Crippen LogP contribution in [0, 0.1) is 0 Å². The SMILES string of the molecule is C(=C(c1ccccc1)c1ccccc1)c1ccc(N(c2ccc(Cc3ccccc3)cc2)c2cccc3c2CCCC3)cc1. The van der Waals surface area contributed by atoms with E-state index in [9.17, 15) is 0 Å². The highest BCUT2D eigenvalue weighted by Crippen LogP contribution is 2.40. The van der Waals surface area contributed by atoms with Gasteiger partial charge in [-0.2, -0.15) is 0 Å². The van der Waals surface area contributed by atoms with E-state index in [2.05, 4.69) is 169 Å². The van der Waals surface area contributed by atoms with E-state index in [4.69, 9.17) is 0 Å². The van der Waals surface area contributed by atoms with Gasteiger partial charge in [-0.3, -0.25) is 0 Å². The molecule has 0 unspecified atom stereocenters. The van der Waals surface area contributed by atoms with Gasteiger partial charge in [-0.05, 0) is 113 Å². The van der Waals surface area contributed by atoms with E-state index in [0.717, 1.165) is 12.8 Å². The summed E-state index contributed by atoms with van der Waals surface area (Å²) in [6, 6.07) is 57.1. The summed E-state index contributed by atoms with van der Waals surface area (Å²) in [5.74, 6) is 0. The molecule has 1 nitrogen and oxygen atoms in total. The topological polar surface area (TPSA) is 3.24 Å². The van der Waals surface area contributed by atoms with Gasteiger partial charge < -0.3 is 4.90 Å². The van der Waals surface area contributed by atoms with Crippen LogP contribution in [-0.4, -0.2) is 0 Å². The fourth-order valence-corrected chi connectivity index (χ4v) is 6.45. The number of nitrogens with zero attached hydrogens (tertiary/aromatic N) is 1. The van der Waals surface area contributed by atoms with Crippen molar-refractivity contribution in [1.29, 1.82) is 0 Å². The standard InChI is InChI=1S/C43H37N/c1-4-13-33(14-5-1)31-34-23-27-39(28-24-34)44(43-22-12-20-36-19-10-11-21-41(36)43)40-29-25-35(26-30-40)32-42(37-15-6-2-7-16-37)38-17-8-3-9-18-38/h1-9,12-18,20,22-30,32H,10-11,19,21,31H2. The summed E-state index contributed by atoms with van der Waals surface area (Å²) in [4.78, 5) is 2.46. The van der Waals surface area contributed by atoms with E-state index < -0.39 is 0 Å². The number of rotatable bonds is 8. The van der Waals surface area contributed by atoms with Gasteiger partial charge in [0.2, 0.25) is 0 Å². The van der Waals surface area contributed by atoms with E-state index >= 15 is 0 Å². The molecule has 0 heterocycles. The summed E-state index contributed by atoms with van der Waals surface area (Å²) in [6.45, 7) is 0. The molecule has 0 radical (unpaired) electrons. The van der Waals surface area contributed by atoms with Crippen molar-refractivity contribution in [2.24, 2.45) is 0 Å². The molecule has 214 valence electrons. The molecule has 6 aromatic rings. The van der Waals surface area contributed by atoms with Gasteiger partial charge in [0.1, 0.15) is 0 Å². The molecule has 0 N–H and O–H groups in total. The first-order valence-electron chi connectivity index (χ1n) is 15.8. The fraction of sp³-hybridized carbons (Fsp3) is 0.116. The number of hydrogen-bond donors (Lipinski definition) is 0. The fourth-order valence-electron chi connectivity index (χ4n) is 6.45. The predicted octanol–water partition coefficient (Wildman–Crippen LogP) is 11.2. The normalized spacial score (nSPS) is 12.3. The highest BCUT2D eigenvalue weighted by atomic mass is 15.1. The highest BCUT2D eigenvalue weighted by Gasteiger charge is 2.20. The van der Waals surface area contributed by atoms with Gasteiger partial charge in [0.05, 0.1) is 0 Å². The van der Waals surface area contributed by atoms with Crippen LogP contribution in [0.2, 0.25) is 0 Å². The van der Waals surface area contributed by atoms with Crippen LogP contribution in [0.5, 0.6) is 0 Å². The maximum atomic E-state index is 2.46. The summed E-state index contributed by atoms with van der Waals surface area (Å²) < 4.78 is 0. The monoisotopic (exact) mass is 567 g/mol. The van der Waals surface area contributed by atoms with Crippen molar-refractivity contribution < 1.29 is 0 Å². The number of aryl methyl sites for hydroxylation is 1. The Morgan fingerprint density at radius 2 is 1.05 bits per heavy atom. The predicted molar refractivity (Wildman–Crippen MR) is 187 cm³/mol. The van der Waals surface area contributed by atoms with E-state index in [0.29, 0.717) is 0 Å². The first-order valence-corrected chi connectivity index (χ1v) is 15.8. The molecule has 6 aromatic carbocycles. The second kappa shape index (κ2) is 13.0. The molecule has 0 aromatic heterocycles. The average molecular weight is 568 g/mol. The minimum Gasteiger partial charge on any atom is -0.310 e. The van der Waals surface area contributed by atoms with Crippen molar-refractivity contribution in [3.63, 3.8) is 0 Å². The summed E-state index contributed by atoms with van der Waals surface area (Å²) in [5, 5.41) is 0. The zero-order valence-electron chi connectivity index (χ0n) is 25.1. The van der Waals surface area contributed by atoms with Crippen LogP contribution in [0.3, 0.4) is 0 Å². The molecule has 0 bridgehead atoms. The van der Waals surface area contributed by atoms with E-state index in [-0.39, 0.29) is 0 Å². The molecule has 0 aliphatic heterocycles. The van der Waals surface area contributed by atoms with Crippen LogP contribution >= 0.6 is 0 Å². The Balaban J connectivity index is 1.27. The summed E-state index contributed by atoms with van der Waals surface area (Å²) >= 11 is 0. The molecule has 0 spiro atoms. The number of hydrogen-bond acceptors (Lipinski definition) is 1. The molecular formula is C43H37N. The molecule has 0 amide bonds. The zero-order chi connectivity index (χ0) is 29.6. The number of benzene rings is 6. The molecule has 1 aliphatic carbocycles. The second-order valence-electron chi connectivity index (χ2n) is 11.7. The summed E-state index contributed by atoms with van der Waals surface area (Å²) in [6.07, 6.45) is 8.07. The van der Waals surface area contributed by atoms with Crippen LogP contribution in [0.1, 0.15) is 51.8 Å². The Bertz CT molecular complexity index is 1790. The Labute approximate surface area is 261 Å². The van der Waals surface area contributed by atoms with Gasteiger partial charge in [0.25, 0.3) is 0 Å². The quantitative estimate of drug-likeness (QED) is 0.165. The lowest BCUT2D eigenvalue weighted by atomic mass is 9.89. The van der Waals surface area contributed by atoms with Crippen molar-refractivity contribution in [3.05, 3.63) is 197 Å².